The zero-order valence-corrected chi connectivity index (χ0v) is 23.1. The van der Waals surface area contributed by atoms with Crippen LogP contribution in [0.5, 0.6) is 0 Å². The van der Waals surface area contributed by atoms with Crippen LogP contribution in [0.2, 0.25) is 0 Å². The number of rotatable bonds is 3. The topological polar surface area (TPSA) is 46.5 Å². The van der Waals surface area contributed by atoms with Crippen LogP contribution in [0.25, 0.3) is 67.4 Å². The van der Waals surface area contributed by atoms with E-state index in [1.807, 2.05) is 0 Å². The van der Waals surface area contributed by atoms with Gasteiger partial charge in [0, 0.05) is 22.0 Å². The van der Waals surface area contributed by atoms with Crippen LogP contribution in [-0.4, -0.2) is 19.7 Å². The number of nitrogens with zero attached hydrogens (tertiary/aromatic N) is 3. The minimum atomic E-state index is 0.793. The van der Waals surface area contributed by atoms with Gasteiger partial charge in [-0.3, -0.25) is 5.10 Å². The first-order valence-electron chi connectivity index (χ1n) is 14.8. The van der Waals surface area contributed by atoms with E-state index in [0.29, 0.717) is 0 Å². The Morgan fingerprint density at radius 3 is 2.26 bits per heavy atom. The Morgan fingerprint density at radius 1 is 0.643 bits per heavy atom. The first-order valence-corrected chi connectivity index (χ1v) is 14.8. The molecule has 0 saturated heterocycles. The van der Waals surface area contributed by atoms with Crippen molar-refractivity contribution in [2.45, 2.75) is 25.7 Å². The number of H-pyrrole nitrogens is 1. The fourth-order valence-electron chi connectivity index (χ4n) is 7.15. The van der Waals surface area contributed by atoms with Gasteiger partial charge in [0.15, 0.2) is 11.6 Å². The largest absolute Gasteiger partial charge is 0.309 e. The summed E-state index contributed by atoms with van der Waals surface area (Å²) in [5.74, 6) is 1.59. The molecule has 0 aliphatic heterocycles. The Morgan fingerprint density at radius 2 is 1.38 bits per heavy atom. The first-order chi connectivity index (χ1) is 20.8. The first kappa shape index (κ1) is 23.5. The maximum atomic E-state index is 5.05. The van der Waals surface area contributed by atoms with Crippen molar-refractivity contribution in [3.63, 3.8) is 0 Å². The molecular weight excluding hydrogens is 512 g/mol. The van der Waals surface area contributed by atoms with Gasteiger partial charge in [-0.15, -0.1) is 0 Å². The highest BCUT2D eigenvalue weighted by atomic mass is 15.2. The molecule has 0 radical (unpaired) electrons. The average molecular weight is 541 g/mol. The summed E-state index contributed by atoms with van der Waals surface area (Å²) >= 11 is 0. The number of nitrogens with one attached hydrogen (secondary N) is 1. The zero-order valence-electron chi connectivity index (χ0n) is 23.1. The Labute approximate surface area is 243 Å². The van der Waals surface area contributed by atoms with Crippen LogP contribution in [-0.2, 0) is 12.8 Å². The highest BCUT2D eigenvalue weighted by Gasteiger charge is 2.23. The molecule has 0 unspecified atom stereocenters. The van der Waals surface area contributed by atoms with Gasteiger partial charge >= 0.3 is 0 Å². The van der Waals surface area contributed by atoms with E-state index in [2.05, 4.69) is 125 Å². The van der Waals surface area contributed by atoms with Gasteiger partial charge in [0.05, 0.1) is 11.0 Å². The number of fused-ring (bicyclic) bond motifs is 9. The lowest BCUT2D eigenvalue weighted by Gasteiger charge is -2.25. The molecule has 0 atom stereocenters. The molecule has 7 aromatic rings. The van der Waals surface area contributed by atoms with Crippen molar-refractivity contribution in [3.05, 3.63) is 131 Å². The van der Waals surface area contributed by atoms with Crippen molar-refractivity contribution in [3.8, 4) is 17.1 Å². The van der Waals surface area contributed by atoms with Crippen LogP contribution >= 0.6 is 0 Å². The van der Waals surface area contributed by atoms with Gasteiger partial charge in [-0.2, -0.15) is 5.10 Å². The number of aromatic nitrogens is 4. The molecule has 2 heterocycles. The smallest absolute Gasteiger partial charge is 0.177 e. The second-order valence-electron chi connectivity index (χ2n) is 11.4. The van der Waals surface area contributed by atoms with Gasteiger partial charge < -0.3 is 4.57 Å². The normalized spacial score (nSPS) is 14.3. The molecule has 2 aliphatic rings. The molecule has 9 rings (SSSR count). The quantitative estimate of drug-likeness (QED) is 0.243. The van der Waals surface area contributed by atoms with E-state index in [4.69, 9.17) is 10.1 Å². The Kier molecular flexibility index (Phi) is 5.12. The molecule has 0 spiro atoms. The monoisotopic (exact) mass is 540 g/mol. The second-order valence-corrected chi connectivity index (χ2v) is 11.4. The predicted octanol–water partition coefficient (Wildman–Crippen LogP) is 9.17. The number of para-hydroxylation sites is 2. The summed E-state index contributed by atoms with van der Waals surface area (Å²) in [4.78, 5) is 5.05. The third-order valence-electron chi connectivity index (χ3n) is 9.06. The summed E-state index contributed by atoms with van der Waals surface area (Å²) in [6.45, 7) is 0. The summed E-state index contributed by atoms with van der Waals surface area (Å²) in [7, 11) is 0. The third-order valence-corrected chi connectivity index (χ3v) is 9.06. The molecule has 2 aliphatic carbocycles. The minimum absolute atomic E-state index is 0.793. The van der Waals surface area contributed by atoms with Gasteiger partial charge in [-0.1, -0.05) is 84.9 Å². The summed E-state index contributed by atoms with van der Waals surface area (Å²) in [6.07, 6.45) is 11.2. The van der Waals surface area contributed by atoms with Crippen molar-refractivity contribution in [1.29, 1.82) is 0 Å². The van der Waals surface area contributed by atoms with Gasteiger partial charge in [-0.05, 0) is 94.6 Å². The van der Waals surface area contributed by atoms with Crippen molar-refractivity contribution in [2.24, 2.45) is 0 Å². The fraction of sp³-hybridized carbons (Fsp3) is 0.105. The van der Waals surface area contributed by atoms with Crippen LogP contribution in [0, 0.1) is 0 Å². The van der Waals surface area contributed by atoms with E-state index in [9.17, 15) is 0 Å². The number of hydrogen-bond acceptors (Lipinski definition) is 2. The number of allylic oxidation sites excluding steroid dienone is 2. The molecular formula is C38H28N4. The maximum absolute atomic E-state index is 5.05. The average Bonchev–Trinajstić information content (AvgIpc) is 3.68. The van der Waals surface area contributed by atoms with E-state index in [1.165, 1.54) is 54.9 Å². The lowest BCUT2D eigenvalue weighted by Crippen LogP contribution is -2.09. The van der Waals surface area contributed by atoms with Crippen molar-refractivity contribution in [1.82, 2.24) is 19.7 Å². The predicted molar refractivity (Wildman–Crippen MR) is 174 cm³/mol. The SMILES string of the molecule is C1=Cc2c(c3c(c4ccccc24)C=C(c2n[nH]c(-c4ccc5c6ccccc6n(-c6ccccc6)c5c4)n2)CC3)CC1. The molecule has 0 bridgehead atoms. The Hall–Kier alpha value is -5.22. The molecule has 0 amide bonds. The molecule has 0 saturated carbocycles. The van der Waals surface area contributed by atoms with Crippen molar-refractivity contribution < 1.29 is 0 Å². The lowest BCUT2D eigenvalue weighted by molar-refractivity contribution is 0.910. The zero-order chi connectivity index (χ0) is 27.6. The van der Waals surface area contributed by atoms with E-state index in [1.54, 1.807) is 0 Å². The van der Waals surface area contributed by atoms with Gasteiger partial charge in [0.2, 0.25) is 0 Å². The molecule has 0 fully saturated rings. The molecule has 2 aromatic heterocycles. The number of aromatic amines is 1. The van der Waals surface area contributed by atoms with Gasteiger partial charge in [0.25, 0.3) is 0 Å². The van der Waals surface area contributed by atoms with Crippen LogP contribution in [0.1, 0.15) is 40.9 Å². The minimum Gasteiger partial charge on any atom is -0.309 e. The standard InChI is InChI=1S/C38H28N4/c1-2-10-26(11-3-1)42-35-17-9-8-16-32(35)33-21-19-25(23-36(33)42)38-39-37(40-41-38)24-18-20-31-29-14-5-4-12-27(29)28-13-6-7-15-30(28)34(31)22-24/h1-4,6-13,15-17,19,21-23H,5,14,18,20H2,(H,39,40,41). The molecule has 4 nitrogen and oxygen atoms in total. The van der Waals surface area contributed by atoms with Crippen molar-refractivity contribution in [2.75, 3.05) is 0 Å². The van der Waals surface area contributed by atoms with Gasteiger partial charge in [0.1, 0.15) is 0 Å². The summed E-state index contributed by atoms with van der Waals surface area (Å²) in [6, 6.07) is 34.6. The summed E-state index contributed by atoms with van der Waals surface area (Å²) < 4.78 is 2.34. The molecule has 42 heavy (non-hydrogen) atoms. The Balaban J connectivity index is 1.16. The van der Waals surface area contributed by atoms with Crippen LogP contribution in [0.4, 0.5) is 0 Å². The Bertz CT molecular complexity index is 2240. The van der Waals surface area contributed by atoms with Crippen LogP contribution < -0.4 is 0 Å². The molecule has 1 N–H and O–H groups in total. The molecule has 4 heteroatoms. The molecule has 5 aromatic carbocycles. The second kappa shape index (κ2) is 9.15. The van der Waals surface area contributed by atoms with Crippen LogP contribution in [0.15, 0.2) is 103 Å². The van der Waals surface area contributed by atoms with Crippen LogP contribution in [0.3, 0.4) is 0 Å². The maximum Gasteiger partial charge on any atom is 0.177 e. The van der Waals surface area contributed by atoms with E-state index >= 15 is 0 Å². The van der Waals surface area contributed by atoms with Gasteiger partial charge in [-0.25, -0.2) is 4.98 Å². The highest BCUT2D eigenvalue weighted by molar-refractivity contribution is 6.10. The van der Waals surface area contributed by atoms with E-state index < -0.39 is 0 Å². The van der Waals surface area contributed by atoms with E-state index in [0.717, 1.165) is 54.1 Å². The number of hydrogen-bond donors (Lipinski definition) is 1. The van der Waals surface area contributed by atoms with Crippen molar-refractivity contribution >= 4 is 50.3 Å². The molecule has 200 valence electrons. The fourth-order valence-corrected chi connectivity index (χ4v) is 7.15. The lowest BCUT2D eigenvalue weighted by atomic mass is 9.79. The number of benzene rings is 5. The summed E-state index contributed by atoms with van der Waals surface area (Å²) in [5.41, 5.74) is 11.5. The summed E-state index contributed by atoms with van der Waals surface area (Å²) in [5, 5.41) is 13.2. The highest BCUT2D eigenvalue weighted by Crippen LogP contribution is 2.41. The van der Waals surface area contributed by atoms with E-state index in [-0.39, 0.29) is 0 Å². The third kappa shape index (κ3) is 3.48.